The van der Waals surface area contributed by atoms with Crippen LogP contribution in [0.5, 0.6) is 28.7 Å². The fourth-order valence-electron chi connectivity index (χ4n) is 7.35. The smallest absolute Gasteiger partial charge is 0.261 e. The number of para-hydroxylation sites is 2. The van der Waals surface area contributed by atoms with Crippen LogP contribution in [0, 0.1) is 0 Å². The number of benzene rings is 5. The molecule has 11 heteroatoms. The lowest BCUT2D eigenvalue weighted by molar-refractivity contribution is 0.0986. The second-order valence-corrected chi connectivity index (χ2v) is 13.4. The molecule has 0 fully saturated rings. The molecule has 5 aromatic rings. The molecule has 0 aliphatic carbocycles. The summed E-state index contributed by atoms with van der Waals surface area (Å²) in [7, 11) is 5.06. The number of carbonyl (C=O) groups excluding carboxylic acids is 2. The normalized spacial score (nSPS) is 16.8. The van der Waals surface area contributed by atoms with Crippen LogP contribution in [0.15, 0.2) is 101 Å². The highest BCUT2D eigenvalue weighted by Gasteiger charge is 2.36. The number of nitrogens with zero attached hydrogens (tertiary/aromatic N) is 4. The van der Waals surface area contributed by atoms with Crippen molar-refractivity contribution in [1.29, 1.82) is 0 Å². The average Bonchev–Trinajstić information content (AvgIpc) is 3.69. The van der Waals surface area contributed by atoms with E-state index in [1.807, 2.05) is 61.9 Å². The minimum Gasteiger partial charge on any atom is -0.508 e. The molecule has 1 N–H and O–H groups in total. The Hall–Kier alpha value is -6.62. The summed E-state index contributed by atoms with van der Waals surface area (Å²) in [5, 5.41) is 10.6. The van der Waals surface area contributed by atoms with Crippen LogP contribution in [0.25, 0.3) is 0 Å². The number of hydrogen-bond donors (Lipinski definition) is 1. The second kappa shape index (κ2) is 14.4. The zero-order chi connectivity index (χ0) is 37.3. The van der Waals surface area contributed by atoms with Crippen molar-refractivity contribution in [2.75, 3.05) is 31.1 Å². The van der Waals surface area contributed by atoms with Crippen LogP contribution in [-0.4, -0.2) is 63.1 Å². The summed E-state index contributed by atoms with van der Waals surface area (Å²) in [6.45, 7) is 0.174. The fourth-order valence-corrected chi connectivity index (χ4v) is 7.35. The van der Waals surface area contributed by atoms with Crippen molar-refractivity contribution in [1.82, 2.24) is 0 Å². The Morgan fingerprint density at radius 1 is 0.815 bits per heavy atom. The van der Waals surface area contributed by atoms with Crippen LogP contribution in [-0.2, 0) is 26.1 Å². The zero-order valence-corrected chi connectivity index (χ0v) is 30.1. The number of phenolic OH excluding ortho intramolecular Hbond substituents is 1. The maximum absolute atomic E-state index is 13.8. The lowest BCUT2D eigenvalue weighted by Gasteiger charge is -2.22. The number of rotatable bonds is 11. The summed E-state index contributed by atoms with van der Waals surface area (Å²) in [4.78, 5) is 39.2. The Balaban J connectivity index is 0.979. The number of aldehydes is 1. The van der Waals surface area contributed by atoms with Crippen molar-refractivity contribution >= 4 is 47.4 Å². The van der Waals surface area contributed by atoms with Gasteiger partial charge in [-0.25, -0.2) is 0 Å². The van der Waals surface area contributed by atoms with E-state index in [-0.39, 0.29) is 37.0 Å². The number of fused-ring (bicyclic) bond motifs is 5. The molecular weight excluding hydrogens is 684 g/mol. The van der Waals surface area contributed by atoms with Gasteiger partial charge in [0, 0.05) is 55.0 Å². The minimum atomic E-state index is -0.176. The lowest BCUT2D eigenvalue weighted by atomic mass is 10.1. The largest absolute Gasteiger partial charge is 0.508 e. The van der Waals surface area contributed by atoms with Crippen molar-refractivity contribution in [2.24, 2.45) is 9.98 Å². The highest BCUT2D eigenvalue weighted by Crippen LogP contribution is 2.41. The van der Waals surface area contributed by atoms with Crippen LogP contribution >= 0.6 is 0 Å². The van der Waals surface area contributed by atoms with E-state index >= 15 is 0 Å². The first-order valence-electron chi connectivity index (χ1n) is 17.6. The monoisotopic (exact) mass is 722 g/mol. The van der Waals surface area contributed by atoms with Gasteiger partial charge in [-0.1, -0.05) is 36.4 Å². The molecule has 0 radical (unpaired) electrons. The molecule has 0 saturated heterocycles. The van der Waals surface area contributed by atoms with Gasteiger partial charge in [0.2, 0.25) is 0 Å². The third-order valence-corrected chi connectivity index (χ3v) is 10.1. The Labute approximate surface area is 312 Å². The first-order chi connectivity index (χ1) is 26.3. The number of amides is 1. The molecule has 2 unspecified atom stereocenters. The average molecular weight is 723 g/mol. The maximum Gasteiger partial charge on any atom is 0.261 e. The predicted molar refractivity (Wildman–Crippen MR) is 208 cm³/mol. The molecule has 0 bridgehead atoms. The first-order valence-corrected chi connectivity index (χ1v) is 17.6. The van der Waals surface area contributed by atoms with Gasteiger partial charge in [-0.15, -0.1) is 0 Å². The van der Waals surface area contributed by atoms with E-state index in [2.05, 4.69) is 22.0 Å². The Morgan fingerprint density at radius 2 is 1.46 bits per heavy atom. The summed E-state index contributed by atoms with van der Waals surface area (Å²) in [5.74, 6) is 1.46. The van der Waals surface area contributed by atoms with Crippen molar-refractivity contribution in [3.8, 4) is 28.7 Å². The van der Waals surface area contributed by atoms with Gasteiger partial charge in [-0.3, -0.25) is 24.5 Å². The van der Waals surface area contributed by atoms with Crippen LogP contribution in [0.2, 0.25) is 0 Å². The Morgan fingerprint density at radius 3 is 2.15 bits per heavy atom. The SMILES string of the molecule is COc1cc(C=O)c(N=CC2Cc3ccccc3N2C)cc1OCc1cc(O)cc(COc2cc3c(cc2OC)C(=O)N2c4ccccc4CC2C=N3)c1. The van der Waals surface area contributed by atoms with E-state index in [9.17, 15) is 14.7 Å². The molecule has 54 heavy (non-hydrogen) atoms. The van der Waals surface area contributed by atoms with Gasteiger partial charge in [0.05, 0.1) is 43.2 Å². The molecule has 8 rings (SSSR count). The first kappa shape index (κ1) is 34.5. The van der Waals surface area contributed by atoms with E-state index in [0.29, 0.717) is 63.0 Å². The van der Waals surface area contributed by atoms with Crippen molar-refractivity contribution in [2.45, 2.75) is 38.1 Å². The second-order valence-electron chi connectivity index (χ2n) is 13.4. The number of hydrogen-bond acceptors (Lipinski definition) is 10. The van der Waals surface area contributed by atoms with Crippen molar-refractivity contribution in [3.05, 3.63) is 124 Å². The minimum absolute atomic E-state index is 0.0369. The number of aliphatic imine (C=N–C) groups is 2. The molecule has 2 atom stereocenters. The van der Waals surface area contributed by atoms with Crippen molar-refractivity contribution < 1.29 is 33.6 Å². The Kier molecular flexibility index (Phi) is 9.20. The molecule has 3 aliphatic heterocycles. The van der Waals surface area contributed by atoms with E-state index in [0.717, 1.165) is 29.6 Å². The molecule has 0 aromatic heterocycles. The van der Waals surface area contributed by atoms with E-state index < -0.39 is 0 Å². The summed E-state index contributed by atoms with van der Waals surface area (Å²) < 4.78 is 23.6. The number of likely N-dealkylation sites (N-methyl/N-ethyl adjacent to an activating group) is 1. The fraction of sp³-hybridized carbons (Fsp3) is 0.209. The standard InChI is InChI=1S/C43H38N4O7/c1-46-31(15-28-8-4-6-10-37(28)46)21-44-35-19-41(39(51-2)17-30(35)23-48)53-24-26-12-27(14-33(49)13-26)25-54-42-20-36-34(18-40(42)52-3)43(50)47-32(22-45-36)16-29-9-5-7-11-38(29)47/h4-14,17-23,31-32,49H,15-16,24-25H2,1-3H3. The molecule has 3 heterocycles. The summed E-state index contributed by atoms with van der Waals surface area (Å²) in [5.41, 5.74) is 7.51. The van der Waals surface area contributed by atoms with Gasteiger partial charge in [-0.2, -0.15) is 0 Å². The van der Waals surface area contributed by atoms with Gasteiger partial charge in [0.25, 0.3) is 5.91 Å². The van der Waals surface area contributed by atoms with Gasteiger partial charge < -0.3 is 29.0 Å². The number of anilines is 2. The van der Waals surface area contributed by atoms with Crippen LogP contribution in [0.1, 0.15) is 43.0 Å². The highest BCUT2D eigenvalue weighted by atomic mass is 16.5. The molecule has 0 spiro atoms. The van der Waals surface area contributed by atoms with E-state index in [4.69, 9.17) is 23.9 Å². The molecule has 3 aliphatic rings. The number of methoxy groups -OCH3 is 2. The summed E-state index contributed by atoms with van der Waals surface area (Å²) in [6.07, 6.45) is 5.93. The van der Waals surface area contributed by atoms with Gasteiger partial charge in [0.15, 0.2) is 29.3 Å². The topological polar surface area (TPSA) is 122 Å². The number of aromatic hydroxyl groups is 1. The number of ether oxygens (including phenoxy) is 4. The number of carbonyl (C=O) groups is 2. The molecule has 272 valence electrons. The third-order valence-electron chi connectivity index (χ3n) is 10.1. The molecule has 11 nitrogen and oxygen atoms in total. The highest BCUT2D eigenvalue weighted by molar-refractivity contribution is 6.14. The quantitative estimate of drug-likeness (QED) is 0.110. The summed E-state index contributed by atoms with van der Waals surface area (Å²) >= 11 is 0. The van der Waals surface area contributed by atoms with Gasteiger partial charge in [-0.05, 0) is 71.1 Å². The Bertz CT molecular complexity index is 2340. The predicted octanol–water partition coefficient (Wildman–Crippen LogP) is 7.43. The lowest BCUT2D eigenvalue weighted by Crippen LogP contribution is -2.37. The van der Waals surface area contributed by atoms with Crippen molar-refractivity contribution in [3.63, 3.8) is 0 Å². The van der Waals surface area contributed by atoms with Crippen LogP contribution in [0.3, 0.4) is 0 Å². The van der Waals surface area contributed by atoms with E-state index in [1.54, 1.807) is 41.3 Å². The van der Waals surface area contributed by atoms with Gasteiger partial charge >= 0.3 is 0 Å². The maximum atomic E-state index is 13.8. The number of phenols is 1. The van der Waals surface area contributed by atoms with Crippen LogP contribution < -0.4 is 28.7 Å². The van der Waals surface area contributed by atoms with Crippen LogP contribution in [0.4, 0.5) is 22.7 Å². The molecule has 0 saturated carbocycles. The van der Waals surface area contributed by atoms with E-state index in [1.165, 1.54) is 19.8 Å². The third kappa shape index (κ3) is 6.49. The van der Waals surface area contributed by atoms with Gasteiger partial charge in [0.1, 0.15) is 19.0 Å². The molecule has 1 amide bonds. The molecule has 5 aromatic carbocycles. The summed E-state index contributed by atoms with van der Waals surface area (Å²) in [6, 6.07) is 27.8. The molecular formula is C43H38N4O7. The zero-order valence-electron chi connectivity index (χ0n) is 30.1.